The summed E-state index contributed by atoms with van der Waals surface area (Å²) in [5.41, 5.74) is -1.63. The molecule has 4 amide bonds. The number of hydrogen-bond donors (Lipinski definition) is 3. The number of nitrogens with one attached hydrogen (secondary N) is 3. The second kappa shape index (κ2) is 12.4. The van der Waals surface area contributed by atoms with Gasteiger partial charge < -0.3 is 25.0 Å². The van der Waals surface area contributed by atoms with Crippen molar-refractivity contribution in [3.63, 3.8) is 0 Å². The van der Waals surface area contributed by atoms with Crippen molar-refractivity contribution in [1.82, 2.24) is 25.2 Å². The van der Waals surface area contributed by atoms with Crippen LogP contribution in [0.2, 0.25) is 0 Å². The minimum absolute atomic E-state index is 0.0228. The average Bonchev–Trinajstić information content (AvgIpc) is 3.94. The van der Waals surface area contributed by atoms with Crippen LogP contribution in [0.4, 0.5) is 4.79 Å². The van der Waals surface area contributed by atoms with Crippen LogP contribution in [0.1, 0.15) is 91.8 Å². The highest BCUT2D eigenvalue weighted by Crippen LogP contribution is 2.48. The summed E-state index contributed by atoms with van der Waals surface area (Å²) in [6.07, 6.45) is 2.94. The van der Waals surface area contributed by atoms with Crippen molar-refractivity contribution in [2.24, 2.45) is 11.3 Å². The molecule has 3 N–H and O–H groups in total. The van der Waals surface area contributed by atoms with Gasteiger partial charge in [0.1, 0.15) is 34.6 Å². The van der Waals surface area contributed by atoms with Crippen LogP contribution in [0, 0.1) is 18.3 Å². The third kappa shape index (κ3) is 6.85. The Morgan fingerprint density at radius 3 is 2.35 bits per heavy atom. The molecule has 5 atom stereocenters. The van der Waals surface area contributed by atoms with E-state index in [1.54, 1.807) is 48.5 Å². The quantitative estimate of drug-likeness (QED) is 0.336. The summed E-state index contributed by atoms with van der Waals surface area (Å²) in [7, 11) is -3.99. The Balaban J connectivity index is 1.34. The van der Waals surface area contributed by atoms with Crippen molar-refractivity contribution in [2.75, 3.05) is 6.54 Å². The van der Waals surface area contributed by atoms with Gasteiger partial charge in [0.2, 0.25) is 21.8 Å². The van der Waals surface area contributed by atoms with Crippen molar-refractivity contribution >= 4 is 44.7 Å². The third-order valence-corrected chi connectivity index (χ3v) is 13.1. The zero-order valence-electron chi connectivity index (χ0n) is 31.3. The summed E-state index contributed by atoms with van der Waals surface area (Å²) in [5, 5.41) is 6.57. The number of aryl methyl sites for hydroxylation is 2. The SMILES string of the molecule is C=C[C@@H]1C[C@]1(NC(=O)[C@@H]1C[C@]2(CCc3c(c(C)nc4ccccc34)O2)CN1C(=O)[C@@H](NC(=O)OC(C)(C)C)C(C)(C)C)C(=O)NS(=O)(=O)C1(C)CC1. The smallest absolute Gasteiger partial charge is 0.408 e. The van der Waals surface area contributed by atoms with Crippen molar-refractivity contribution in [1.29, 1.82) is 0 Å². The van der Waals surface area contributed by atoms with Crippen LogP contribution >= 0.6 is 0 Å². The second-order valence-corrected chi connectivity index (χ2v) is 19.5. The number of carbonyl (C=O) groups is 4. The standard InChI is InChI=1S/C38H51N5O8S/c1-10-23-19-38(23,32(46)42-52(48,49)36(9)17-18-36)41-30(44)27-20-37(16-15-25-24-13-11-12-14-26(24)39-22(2)28(25)50-37)21-43(27)31(45)29(34(3,4)5)40-33(47)51-35(6,7)8/h10-14,23,27,29H,1,15-21H2,2-9H3,(H,40,47)(H,41,44)(H,42,46)/t23-,27+,29-,37-,38-/m1/s1. The van der Waals surface area contributed by atoms with E-state index in [9.17, 15) is 27.6 Å². The summed E-state index contributed by atoms with van der Waals surface area (Å²) >= 11 is 0. The Labute approximate surface area is 305 Å². The van der Waals surface area contributed by atoms with Gasteiger partial charge >= 0.3 is 6.09 Å². The van der Waals surface area contributed by atoms with Crippen LogP contribution in [0.25, 0.3) is 10.9 Å². The molecule has 1 aromatic heterocycles. The Kier molecular flexibility index (Phi) is 8.99. The molecule has 282 valence electrons. The van der Waals surface area contributed by atoms with Gasteiger partial charge in [-0.1, -0.05) is 45.0 Å². The number of pyridine rings is 1. The van der Waals surface area contributed by atoms with E-state index < -0.39 is 78.7 Å². The van der Waals surface area contributed by atoms with Gasteiger partial charge in [0.05, 0.1) is 22.5 Å². The van der Waals surface area contributed by atoms with Crippen molar-refractivity contribution in [3.05, 3.63) is 48.2 Å². The fraction of sp³-hybridized carbons (Fsp3) is 0.605. The molecule has 1 saturated heterocycles. The number of amides is 4. The molecule has 0 unspecified atom stereocenters. The number of likely N-dealkylation sites (tertiary alicyclic amines) is 1. The lowest BCUT2D eigenvalue weighted by molar-refractivity contribution is -0.143. The molecular formula is C38H51N5O8S. The Morgan fingerprint density at radius 1 is 1.08 bits per heavy atom. The molecule has 14 heteroatoms. The molecule has 13 nitrogen and oxygen atoms in total. The molecule has 2 aliphatic heterocycles. The first kappa shape index (κ1) is 37.6. The average molecular weight is 738 g/mol. The van der Waals surface area contributed by atoms with Crippen LogP contribution in [-0.2, 0) is 35.6 Å². The zero-order valence-corrected chi connectivity index (χ0v) is 32.2. The first-order valence-corrected chi connectivity index (χ1v) is 19.4. The molecule has 2 aliphatic carbocycles. The summed E-state index contributed by atoms with van der Waals surface area (Å²) in [6, 6.07) is 5.60. The highest BCUT2D eigenvalue weighted by Gasteiger charge is 2.64. The highest BCUT2D eigenvalue weighted by molar-refractivity contribution is 7.91. The monoisotopic (exact) mass is 737 g/mol. The number of rotatable bonds is 8. The maximum Gasteiger partial charge on any atom is 0.408 e. The zero-order chi connectivity index (χ0) is 38.2. The van der Waals surface area contributed by atoms with Gasteiger partial charge in [0, 0.05) is 23.3 Å². The number of hydrogen-bond acceptors (Lipinski definition) is 9. The number of ether oxygens (including phenoxy) is 2. The van der Waals surface area contributed by atoms with Gasteiger partial charge in [-0.25, -0.2) is 18.2 Å². The Hall–Kier alpha value is -4.20. The number of para-hydroxylation sites is 1. The Bertz CT molecular complexity index is 1960. The molecular weight excluding hydrogens is 687 g/mol. The van der Waals surface area contributed by atoms with Gasteiger partial charge in [-0.2, -0.15) is 0 Å². The third-order valence-electron chi connectivity index (χ3n) is 10.9. The van der Waals surface area contributed by atoms with E-state index in [1.807, 2.05) is 31.2 Å². The van der Waals surface area contributed by atoms with Crippen LogP contribution in [-0.4, -0.2) is 82.2 Å². The van der Waals surface area contributed by atoms with Gasteiger partial charge in [0.15, 0.2) is 0 Å². The number of fused-ring (bicyclic) bond motifs is 3. The van der Waals surface area contributed by atoms with E-state index in [1.165, 1.54) is 11.0 Å². The van der Waals surface area contributed by atoms with E-state index in [0.717, 1.165) is 16.5 Å². The number of aromatic nitrogens is 1. The van der Waals surface area contributed by atoms with Crippen molar-refractivity contribution in [2.45, 2.75) is 127 Å². The minimum atomic E-state index is -3.99. The topological polar surface area (TPSA) is 173 Å². The fourth-order valence-corrected chi connectivity index (χ4v) is 8.74. The molecule has 3 fully saturated rings. The molecule has 2 saturated carbocycles. The highest BCUT2D eigenvalue weighted by atomic mass is 32.2. The molecule has 1 aromatic carbocycles. The first-order chi connectivity index (χ1) is 24.0. The number of alkyl carbamates (subject to hydrolysis) is 1. The first-order valence-electron chi connectivity index (χ1n) is 17.9. The van der Waals surface area contributed by atoms with Gasteiger partial charge in [0.25, 0.3) is 5.91 Å². The molecule has 4 aliphatic rings. The van der Waals surface area contributed by atoms with Crippen LogP contribution in [0.5, 0.6) is 5.75 Å². The van der Waals surface area contributed by atoms with Crippen LogP contribution in [0.15, 0.2) is 36.9 Å². The summed E-state index contributed by atoms with van der Waals surface area (Å²) in [6.45, 7) is 17.9. The van der Waals surface area contributed by atoms with Crippen molar-refractivity contribution < 1.29 is 37.1 Å². The predicted molar refractivity (Wildman–Crippen MR) is 195 cm³/mol. The molecule has 2 aromatic rings. The molecule has 3 heterocycles. The van der Waals surface area contributed by atoms with Gasteiger partial charge in [-0.05, 0) is 78.2 Å². The van der Waals surface area contributed by atoms with E-state index in [2.05, 4.69) is 21.9 Å². The normalized spacial score (nSPS) is 26.8. The largest absolute Gasteiger partial charge is 0.483 e. The predicted octanol–water partition coefficient (Wildman–Crippen LogP) is 4.21. The number of sulfonamides is 1. The minimum Gasteiger partial charge on any atom is -0.483 e. The van der Waals surface area contributed by atoms with Crippen LogP contribution < -0.4 is 20.1 Å². The summed E-state index contributed by atoms with van der Waals surface area (Å²) in [4.78, 5) is 62.1. The molecule has 6 rings (SSSR count). The fourth-order valence-electron chi connectivity index (χ4n) is 7.43. The van der Waals surface area contributed by atoms with Gasteiger partial charge in [-0.3, -0.25) is 19.1 Å². The van der Waals surface area contributed by atoms with E-state index in [-0.39, 0.29) is 19.4 Å². The molecule has 0 radical (unpaired) electrons. The lowest BCUT2D eigenvalue weighted by atomic mass is 9.85. The van der Waals surface area contributed by atoms with E-state index >= 15 is 0 Å². The lowest BCUT2D eigenvalue weighted by Gasteiger charge is -2.38. The Morgan fingerprint density at radius 2 is 1.75 bits per heavy atom. The summed E-state index contributed by atoms with van der Waals surface area (Å²) < 4.78 is 39.6. The molecule has 0 bridgehead atoms. The van der Waals surface area contributed by atoms with Crippen LogP contribution in [0.3, 0.4) is 0 Å². The number of benzene rings is 1. The van der Waals surface area contributed by atoms with Gasteiger partial charge in [-0.15, -0.1) is 6.58 Å². The van der Waals surface area contributed by atoms with E-state index in [0.29, 0.717) is 37.1 Å². The van der Waals surface area contributed by atoms with E-state index in [4.69, 9.17) is 14.5 Å². The number of nitrogens with zero attached hydrogens (tertiary/aromatic N) is 2. The molecule has 1 spiro atoms. The summed E-state index contributed by atoms with van der Waals surface area (Å²) in [5.74, 6) is -1.89. The molecule has 52 heavy (non-hydrogen) atoms. The second-order valence-electron chi connectivity index (χ2n) is 17.3. The van der Waals surface area contributed by atoms with Crippen molar-refractivity contribution in [3.8, 4) is 5.75 Å². The lowest BCUT2D eigenvalue weighted by Crippen LogP contribution is -2.60. The number of carbonyl (C=O) groups excluding carboxylic acids is 4. The maximum absolute atomic E-state index is 14.7. The maximum atomic E-state index is 14.7.